The number of halogens is 1. The summed E-state index contributed by atoms with van der Waals surface area (Å²) < 4.78 is 11.6. The molecular weight excluding hydrogens is 292 g/mol. The van der Waals surface area contributed by atoms with Crippen molar-refractivity contribution in [2.45, 2.75) is 6.92 Å². The highest BCUT2D eigenvalue weighted by Crippen LogP contribution is 2.35. The molecule has 2 aromatic carbocycles. The van der Waals surface area contributed by atoms with Gasteiger partial charge in [0.15, 0.2) is 6.79 Å². The summed E-state index contributed by atoms with van der Waals surface area (Å²) in [7, 11) is 1.62. The highest BCUT2D eigenvalue weighted by molar-refractivity contribution is 9.10. The van der Waals surface area contributed by atoms with Crippen LogP contribution in [0.4, 0.5) is 0 Å². The molecule has 0 aliphatic carbocycles. The van der Waals surface area contributed by atoms with Gasteiger partial charge in [-0.3, -0.25) is 0 Å². The lowest BCUT2D eigenvalue weighted by molar-refractivity contribution is 0.0515. The number of hydrogen-bond acceptors (Lipinski definition) is 2. The largest absolute Gasteiger partial charge is 0.467 e. The Balaban J connectivity index is 2.48. The second-order valence-electron chi connectivity index (χ2n) is 4.03. The maximum atomic E-state index is 5.61. The fourth-order valence-electron chi connectivity index (χ4n) is 1.78. The highest BCUT2D eigenvalue weighted by atomic mass is 79.9. The summed E-state index contributed by atoms with van der Waals surface area (Å²) >= 11 is 3.57. The number of rotatable bonds is 4. The molecule has 0 atom stereocenters. The molecule has 0 heterocycles. The van der Waals surface area contributed by atoms with Crippen LogP contribution in [0, 0.1) is 6.92 Å². The summed E-state index contributed by atoms with van der Waals surface area (Å²) in [6.45, 7) is 2.32. The van der Waals surface area contributed by atoms with Gasteiger partial charge >= 0.3 is 0 Å². The number of benzene rings is 2. The molecule has 2 aromatic rings. The summed E-state index contributed by atoms with van der Waals surface area (Å²) in [6.07, 6.45) is 0. The van der Waals surface area contributed by atoms with E-state index in [4.69, 9.17) is 9.47 Å². The van der Waals surface area contributed by atoms with Gasteiger partial charge < -0.3 is 9.47 Å². The van der Waals surface area contributed by atoms with E-state index in [2.05, 4.69) is 35.0 Å². The molecule has 18 heavy (non-hydrogen) atoms. The van der Waals surface area contributed by atoms with Gasteiger partial charge in [-0.05, 0) is 30.7 Å². The summed E-state index contributed by atoms with van der Waals surface area (Å²) in [5.41, 5.74) is 3.39. The third-order valence-corrected chi connectivity index (χ3v) is 3.32. The molecular formula is C15H15BrO2. The molecule has 2 rings (SSSR count). The Hall–Kier alpha value is -1.32. The van der Waals surface area contributed by atoms with Crippen LogP contribution in [0.3, 0.4) is 0 Å². The zero-order chi connectivity index (χ0) is 13.0. The first-order valence-electron chi connectivity index (χ1n) is 5.69. The molecule has 0 saturated heterocycles. The smallest absolute Gasteiger partial charge is 0.188 e. The predicted molar refractivity (Wildman–Crippen MR) is 76.8 cm³/mol. The zero-order valence-electron chi connectivity index (χ0n) is 10.4. The van der Waals surface area contributed by atoms with Gasteiger partial charge in [-0.15, -0.1) is 0 Å². The predicted octanol–water partition coefficient (Wildman–Crippen LogP) is 4.41. The molecule has 0 radical (unpaired) electrons. The molecule has 2 nitrogen and oxygen atoms in total. The minimum atomic E-state index is 0.251. The Kier molecular flexibility index (Phi) is 4.39. The molecule has 0 spiro atoms. The maximum Gasteiger partial charge on any atom is 0.188 e. The zero-order valence-corrected chi connectivity index (χ0v) is 12.0. The van der Waals surface area contributed by atoms with Crippen LogP contribution in [0.2, 0.25) is 0 Å². The third kappa shape index (κ3) is 2.92. The molecule has 3 heteroatoms. The van der Waals surface area contributed by atoms with Crippen LogP contribution < -0.4 is 4.74 Å². The first-order chi connectivity index (χ1) is 8.72. The van der Waals surface area contributed by atoms with Crippen LogP contribution in [0.1, 0.15) is 5.56 Å². The molecule has 94 valence electrons. The van der Waals surface area contributed by atoms with Crippen molar-refractivity contribution in [3.05, 3.63) is 52.5 Å². The highest BCUT2D eigenvalue weighted by Gasteiger charge is 2.09. The van der Waals surface area contributed by atoms with E-state index in [0.717, 1.165) is 21.3 Å². The van der Waals surface area contributed by atoms with Gasteiger partial charge in [0.2, 0.25) is 0 Å². The molecule has 0 aromatic heterocycles. The van der Waals surface area contributed by atoms with Gasteiger partial charge in [0.1, 0.15) is 5.75 Å². The van der Waals surface area contributed by atoms with E-state index in [1.165, 1.54) is 5.56 Å². The molecule has 0 amide bonds. The Morgan fingerprint density at radius 3 is 2.56 bits per heavy atom. The van der Waals surface area contributed by atoms with Crippen molar-refractivity contribution in [1.82, 2.24) is 0 Å². The van der Waals surface area contributed by atoms with Crippen molar-refractivity contribution in [3.63, 3.8) is 0 Å². The number of aryl methyl sites for hydroxylation is 1. The van der Waals surface area contributed by atoms with Crippen LogP contribution in [-0.2, 0) is 4.74 Å². The molecule has 0 fully saturated rings. The van der Waals surface area contributed by atoms with Crippen molar-refractivity contribution in [2.75, 3.05) is 13.9 Å². The lowest BCUT2D eigenvalue weighted by Gasteiger charge is -2.13. The summed E-state index contributed by atoms with van der Waals surface area (Å²) in [5, 5.41) is 0. The fourth-order valence-corrected chi connectivity index (χ4v) is 2.28. The van der Waals surface area contributed by atoms with Crippen LogP contribution in [0.25, 0.3) is 11.1 Å². The second-order valence-corrected chi connectivity index (χ2v) is 4.88. The summed E-state index contributed by atoms with van der Waals surface area (Å²) in [6, 6.07) is 14.2. The number of ether oxygens (including phenoxy) is 2. The average Bonchev–Trinajstić information content (AvgIpc) is 2.38. The Labute approximate surface area is 116 Å². The van der Waals surface area contributed by atoms with E-state index in [9.17, 15) is 0 Å². The minimum absolute atomic E-state index is 0.251. The van der Waals surface area contributed by atoms with E-state index >= 15 is 0 Å². The van der Waals surface area contributed by atoms with Crippen molar-refractivity contribution in [2.24, 2.45) is 0 Å². The third-order valence-electron chi connectivity index (χ3n) is 2.63. The number of methoxy groups -OCH3 is 1. The van der Waals surface area contributed by atoms with E-state index < -0.39 is 0 Å². The molecule has 0 bridgehead atoms. The summed E-state index contributed by atoms with van der Waals surface area (Å²) in [5.74, 6) is 0.828. The summed E-state index contributed by atoms with van der Waals surface area (Å²) in [4.78, 5) is 0. The minimum Gasteiger partial charge on any atom is -0.467 e. The lowest BCUT2D eigenvalue weighted by Crippen LogP contribution is -2.00. The van der Waals surface area contributed by atoms with Crippen LogP contribution in [0.5, 0.6) is 5.75 Å². The van der Waals surface area contributed by atoms with Crippen molar-refractivity contribution >= 4 is 15.9 Å². The Bertz CT molecular complexity index is 538. The van der Waals surface area contributed by atoms with Crippen LogP contribution >= 0.6 is 15.9 Å². The monoisotopic (exact) mass is 306 g/mol. The quantitative estimate of drug-likeness (QED) is 0.779. The van der Waals surface area contributed by atoms with Crippen molar-refractivity contribution in [1.29, 1.82) is 0 Å². The van der Waals surface area contributed by atoms with Crippen LogP contribution in [-0.4, -0.2) is 13.9 Å². The Morgan fingerprint density at radius 1 is 1.06 bits per heavy atom. The van der Waals surface area contributed by atoms with E-state index in [1.807, 2.05) is 30.3 Å². The van der Waals surface area contributed by atoms with Gasteiger partial charge in [-0.2, -0.15) is 0 Å². The molecule has 0 saturated carbocycles. The van der Waals surface area contributed by atoms with E-state index in [0.29, 0.717) is 0 Å². The fraction of sp³-hybridized carbons (Fsp3) is 0.200. The molecule has 0 aliphatic rings. The normalized spacial score (nSPS) is 10.4. The van der Waals surface area contributed by atoms with Crippen LogP contribution in [0.15, 0.2) is 46.9 Å². The maximum absolute atomic E-state index is 5.61. The standard InChI is InChI=1S/C15H15BrO2/c1-11-7-8-15(18-10-17-2)13(9-11)12-5-3-4-6-14(12)16/h3-9H,10H2,1-2H3. The SMILES string of the molecule is COCOc1ccc(C)cc1-c1ccccc1Br. The van der Waals surface area contributed by atoms with Gasteiger partial charge in [-0.1, -0.05) is 45.8 Å². The average molecular weight is 307 g/mol. The number of hydrogen-bond donors (Lipinski definition) is 0. The van der Waals surface area contributed by atoms with Crippen molar-refractivity contribution < 1.29 is 9.47 Å². The van der Waals surface area contributed by atoms with E-state index in [-0.39, 0.29) is 6.79 Å². The first-order valence-corrected chi connectivity index (χ1v) is 6.49. The van der Waals surface area contributed by atoms with Gasteiger partial charge in [-0.25, -0.2) is 0 Å². The Morgan fingerprint density at radius 2 is 1.83 bits per heavy atom. The lowest BCUT2D eigenvalue weighted by atomic mass is 10.0. The molecule has 0 unspecified atom stereocenters. The van der Waals surface area contributed by atoms with Gasteiger partial charge in [0.25, 0.3) is 0 Å². The van der Waals surface area contributed by atoms with E-state index in [1.54, 1.807) is 7.11 Å². The van der Waals surface area contributed by atoms with Gasteiger partial charge in [0.05, 0.1) is 0 Å². The topological polar surface area (TPSA) is 18.5 Å². The molecule has 0 aliphatic heterocycles. The molecule has 0 N–H and O–H groups in total. The second kappa shape index (κ2) is 6.03. The van der Waals surface area contributed by atoms with Gasteiger partial charge in [0, 0.05) is 17.1 Å². The van der Waals surface area contributed by atoms with Crippen molar-refractivity contribution in [3.8, 4) is 16.9 Å². The first kappa shape index (κ1) is 13.1.